The van der Waals surface area contributed by atoms with Crippen LogP contribution in [0.2, 0.25) is 10.1 Å². The zero-order valence-electron chi connectivity index (χ0n) is 22.2. The van der Waals surface area contributed by atoms with Crippen LogP contribution >= 0.6 is 11.6 Å². The number of carbonyl (C=O) groups excluding carboxylic acids is 1. The largest absolute Gasteiger partial charge is 0.392 e. The summed E-state index contributed by atoms with van der Waals surface area (Å²) in [5.41, 5.74) is 1.36. The van der Waals surface area contributed by atoms with Gasteiger partial charge in [-0.15, -0.1) is 5.04 Å². The zero-order valence-corrected chi connectivity index (χ0v) is 24.0. The van der Waals surface area contributed by atoms with Gasteiger partial charge in [0.2, 0.25) is 0 Å². The van der Waals surface area contributed by atoms with Crippen molar-refractivity contribution in [2.24, 2.45) is 10.5 Å². The van der Waals surface area contributed by atoms with E-state index in [1.165, 1.54) is 33.6 Å². The van der Waals surface area contributed by atoms with Gasteiger partial charge in [-0.05, 0) is 44.4 Å². The predicted octanol–water partition coefficient (Wildman–Crippen LogP) is 5.93. The molecule has 1 spiro atoms. The van der Waals surface area contributed by atoms with Crippen molar-refractivity contribution in [2.75, 3.05) is 5.01 Å². The first kappa shape index (κ1) is 26.8. The molecular weight excluding hydrogens is 515 g/mol. The van der Waals surface area contributed by atoms with Gasteiger partial charge >= 0.3 is 0 Å². The van der Waals surface area contributed by atoms with Crippen LogP contribution in [-0.2, 0) is 4.79 Å². The van der Waals surface area contributed by atoms with Crippen LogP contribution in [0.15, 0.2) is 77.9 Å². The van der Waals surface area contributed by atoms with Crippen LogP contribution in [0.5, 0.6) is 0 Å². The van der Waals surface area contributed by atoms with Crippen molar-refractivity contribution < 1.29 is 14.3 Å². The van der Waals surface area contributed by atoms with Gasteiger partial charge in [0.1, 0.15) is 5.82 Å². The van der Waals surface area contributed by atoms with Gasteiger partial charge in [-0.2, -0.15) is 20.5 Å². The first-order valence-electron chi connectivity index (χ1n) is 13.1. The second-order valence-corrected chi connectivity index (χ2v) is 15.2. The number of aliphatic hydroxyl groups is 1. The number of hydrazone groups is 1. The van der Waals surface area contributed by atoms with E-state index < -0.39 is 26.1 Å². The Kier molecular flexibility index (Phi) is 7.09. The van der Waals surface area contributed by atoms with Gasteiger partial charge in [0.25, 0.3) is 5.91 Å². The molecule has 38 heavy (non-hydrogen) atoms. The number of anilines is 1. The fraction of sp³-hybridized carbons (Fsp3) is 0.355. The number of carbonyl (C=O) groups is 1. The van der Waals surface area contributed by atoms with Crippen LogP contribution < -0.4 is 15.4 Å². The molecule has 1 fully saturated rings. The second-order valence-electron chi connectivity index (χ2n) is 11.5. The maximum absolute atomic E-state index is 14.0. The summed E-state index contributed by atoms with van der Waals surface area (Å²) < 4.78 is 13.7. The number of benzene rings is 3. The molecule has 1 heterocycles. The average Bonchev–Trinajstić information content (AvgIpc) is 3.10. The summed E-state index contributed by atoms with van der Waals surface area (Å²) in [6, 6.07) is 23.0. The monoisotopic (exact) mass is 547 g/mol. The van der Waals surface area contributed by atoms with Crippen LogP contribution in [-0.4, -0.2) is 31.6 Å². The lowest BCUT2D eigenvalue weighted by Gasteiger charge is -2.49. The Morgan fingerprint density at radius 3 is 2.45 bits per heavy atom. The minimum atomic E-state index is -1.23. The Hall–Kier alpha value is -2.80. The second kappa shape index (κ2) is 10.1. The molecule has 0 bridgehead atoms. The number of hydrogen-bond donors (Lipinski definition) is 1. The number of nitrogens with zero attached hydrogens (tertiary/aromatic N) is 2. The summed E-state index contributed by atoms with van der Waals surface area (Å²) in [7, 11) is -1.23. The Labute approximate surface area is 230 Å². The maximum atomic E-state index is 14.0. The highest BCUT2D eigenvalue weighted by Crippen LogP contribution is 2.50. The SMILES string of the molecule is CC1=NN(c2ccc(F)cc2Cl)C(=O)C12CCC(O)C(c1ccccc1[Si-](c1ccccc1)C(C)(C)C)C2. The quantitative estimate of drug-likeness (QED) is 0.412. The highest BCUT2D eigenvalue weighted by atomic mass is 35.5. The van der Waals surface area contributed by atoms with Crippen LogP contribution in [0, 0.1) is 11.2 Å². The van der Waals surface area contributed by atoms with E-state index in [9.17, 15) is 14.3 Å². The van der Waals surface area contributed by atoms with Crippen LogP contribution in [0.25, 0.3) is 0 Å². The summed E-state index contributed by atoms with van der Waals surface area (Å²) in [5, 5.41) is 20.1. The molecule has 7 heteroatoms. The molecule has 3 atom stereocenters. The topological polar surface area (TPSA) is 52.9 Å². The molecule has 2 aliphatic rings. The fourth-order valence-electron chi connectivity index (χ4n) is 6.16. The van der Waals surface area contributed by atoms with Crippen molar-refractivity contribution in [1.29, 1.82) is 0 Å². The number of hydrogen-bond acceptors (Lipinski definition) is 3. The first-order valence-corrected chi connectivity index (χ1v) is 15.0. The van der Waals surface area contributed by atoms with Gasteiger partial charge in [-0.1, -0.05) is 92.5 Å². The van der Waals surface area contributed by atoms with Gasteiger partial charge in [-0.25, -0.2) is 13.2 Å². The van der Waals surface area contributed by atoms with E-state index >= 15 is 0 Å². The first-order chi connectivity index (χ1) is 18.0. The average molecular weight is 548 g/mol. The van der Waals surface area contributed by atoms with Crippen LogP contribution in [0.4, 0.5) is 10.1 Å². The molecule has 3 aromatic carbocycles. The number of halogens is 2. The summed E-state index contributed by atoms with van der Waals surface area (Å²) in [6.07, 6.45) is 0.894. The number of amides is 1. The standard InChI is InChI=1S/C31H33ClFN2O2Si/c1-20-31(29(37)35(34-20)26-15-14-21(33)18-25(26)32)17-16-27(36)24(19-31)23-12-8-9-13-28(23)38(30(2,3)4)22-10-6-5-7-11-22/h5-15,18,24,27,36H,16-17,19H2,1-4H3/q-1. The lowest BCUT2D eigenvalue weighted by atomic mass is 9.64. The molecule has 1 aliphatic heterocycles. The molecule has 3 aromatic rings. The Bertz CT molecular complexity index is 1390. The Morgan fingerprint density at radius 1 is 1.08 bits per heavy atom. The fourth-order valence-corrected chi connectivity index (χ4v) is 9.74. The van der Waals surface area contributed by atoms with Gasteiger partial charge in [-0.3, -0.25) is 4.79 Å². The van der Waals surface area contributed by atoms with Gasteiger partial charge in [0.05, 0.1) is 27.9 Å². The predicted molar refractivity (Wildman–Crippen MR) is 155 cm³/mol. The minimum Gasteiger partial charge on any atom is -0.392 e. The van der Waals surface area contributed by atoms with Crippen molar-refractivity contribution in [1.82, 2.24) is 0 Å². The third kappa shape index (κ3) is 4.63. The Morgan fingerprint density at radius 2 is 1.76 bits per heavy atom. The smallest absolute Gasteiger partial charge is 0.259 e. The van der Waals surface area contributed by atoms with Crippen molar-refractivity contribution in [3.63, 3.8) is 0 Å². The summed E-state index contributed by atoms with van der Waals surface area (Å²) >= 11 is 6.31. The normalized spacial score (nSPS) is 23.6. The van der Waals surface area contributed by atoms with E-state index in [0.717, 1.165) is 5.56 Å². The van der Waals surface area contributed by atoms with E-state index in [1.54, 1.807) is 0 Å². The molecular formula is C31H33ClFN2O2Si-. The molecule has 0 aromatic heterocycles. The van der Waals surface area contributed by atoms with Crippen molar-refractivity contribution in [2.45, 2.75) is 64.0 Å². The molecule has 1 aliphatic carbocycles. The zero-order chi connectivity index (χ0) is 27.2. The third-order valence-electron chi connectivity index (χ3n) is 8.02. The highest BCUT2D eigenvalue weighted by Gasteiger charge is 2.54. The maximum Gasteiger partial charge on any atom is 0.259 e. The molecule has 3 unspecified atom stereocenters. The van der Waals surface area contributed by atoms with Gasteiger partial charge in [0, 0.05) is 5.92 Å². The highest BCUT2D eigenvalue weighted by molar-refractivity contribution is 6.87. The van der Waals surface area contributed by atoms with Gasteiger partial charge in [0.15, 0.2) is 0 Å². The van der Waals surface area contributed by atoms with Crippen molar-refractivity contribution in [3.8, 4) is 0 Å². The van der Waals surface area contributed by atoms with E-state index in [1.807, 2.05) is 19.1 Å². The lowest BCUT2D eigenvalue weighted by molar-refractivity contribution is -0.126. The molecule has 1 saturated carbocycles. The lowest BCUT2D eigenvalue weighted by Crippen LogP contribution is -2.52. The molecule has 0 radical (unpaired) electrons. The number of rotatable bonds is 4. The summed E-state index contributed by atoms with van der Waals surface area (Å²) in [5.74, 6) is -0.848. The van der Waals surface area contributed by atoms with E-state index in [-0.39, 0.29) is 21.9 Å². The summed E-state index contributed by atoms with van der Waals surface area (Å²) in [4.78, 5) is 14.0. The number of aliphatic hydroxyl groups excluding tert-OH is 1. The summed E-state index contributed by atoms with van der Waals surface area (Å²) in [6.45, 7) is 8.73. The molecule has 1 amide bonds. The molecule has 0 saturated heterocycles. The minimum absolute atomic E-state index is 0.0239. The third-order valence-corrected chi connectivity index (χ3v) is 11.7. The van der Waals surface area contributed by atoms with Crippen molar-refractivity contribution in [3.05, 3.63) is 89.2 Å². The Balaban J connectivity index is 1.55. The van der Waals surface area contributed by atoms with Crippen molar-refractivity contribution >= 4 is 48.1 Å². The molecule has 198 valence electrons. The van der Waals surface area contributed by atoms with E-state index in [2.05, 4.69) is 68.3 Å². The molecule has 1 N–H and O–H groups in total. The van der Waals surface area contributed by atoms with Crippen LogP contribution in [0.1, 0.15) is 58.4 Å². The molecule has 4 nitrogen and oxygen atoms in total. The van der Waals surface area contributed by atoms with Gasteiger partial charge < -0.3 is 5.11 Å². The van der Waals surface area contributed by atoms with E-state index in [0.29, 0.717) is 30.7 Å². The molecule has 5 rings (SSSR count). The van der Waals surface area contributed by atoms with Crippen LogP contribution in [0.3, 0.4) is 0 Å². The van der Waals surface area contributed by atoms with E-state index in [4.69, 9.17) is 11.6 Å².